The molecule has 1 aromatic rings. The van der Waals surface area contributed by atoms with Gasteiger partial charge in [0.1, 0.15) is 0 Å². The average molecular weight is 268 g/mol. The predicted octanol–water partition coefficient (Wildman–Crippen LogP) is 1.94. The van der Waals surface area contributed by atoms with Crippen LogP contribution >= 0.6 is 0 Å². The maximum atomic E-state index is 13.3. The van der Waals surface area contributed by atoms with E-state index in [1.807, 2.05) is 13.8 Å². The van der Waals surface area contributed by atoms with Crippen molar-refractivity contribution in [3.8, 4) is 5.75 Å². The molecule has 1 aromatic carbocycles. The van der Waals surface area contributed by atoms with Crippen molar-refractivity contribution < 1.29 is 13.9 Å². The van der Waals surface area contributed by atoms with Crippen molar-refractivity contribution in [3.05, 3.63) is 29.6 Å². The highest BCUT2D eigenvalue weighted by atomic mass is 19.1. The van der Waals surface area contributed by atoms with E-state index in [0.29, 0.717) is 18.5 Å². The van der Waals surface area contributed by atoms with Crippen LogP contribution in [0.25, 0.3) is 0 Å². The Morgan fingerprint density at radius 3 is 2.68 bits per heavy atom. The summed E-state index contributed by atoms with van der Waals surface area (Å²) >= 11 is 0. The van der Waals surface area contributed by atoms with Crippen LogP contribution in [0.4, 0.5) is 4.39 Å². The highest BCUT2D eigenvalue weighted by molar-refractivity contribution is 5.94. The number of hydrogen-bond acceptors (Lipinski definition) is 3. The zero-order valence-electron chi connectivity index (χ0n) is 11.6. The van der Waals surface area contributed by atoms with E-state index in [1.165, 1.54) is 25.3 Å². The minimum absolute atomic E-state index is 0.00791. The van der Waals surface area contributed by atoms with Gasteiger partial charge in [0.2, 0.25) is 0 Å². The highest BCUT2D eigenvalue weighted by Crippen LogP contribution is 2.18. The first kappa shape index (κ1) is 15.4. The van der Waals surface area contributed by atoms with Gasteiger partial charge in [0, 0.05) is 11.6 Å². The summed E-state index contributed by atoms with van der Waals surface area (Å²) in [6, 6.07) is 4.06. The van der Waals surface area contributed by atoms with Crippen molar-refractivity contribution >= 4 is 5.91 Å². The molecule has 4 nitrogen and oxygen atoms in total. The number of nitrogens with one attached hydrogen (secondary N) is 1. The molecule has 0 fully saturated rings. The third-order valence-corrected chi connectivity index (χ3v) is 3.01. The quantitative estimate of drug-likeness (QED) is 0.828. The second-order valence-corrected chi connectivity index (χ2v) is 4.75. The second kappa shape index (κ2) is 7.09. The maximum absolute atomic E-state index is 13.3. The van der Waals surface area contributed by atoms with Crippen LogP contribution < -0.4 is 15.8 Å². The fourth-order valence-corrected chi connectivity index (χ4v) is 1.80. The molecule has 0 aliphatic heterocycles. The molecule has 3 N–H and O–H groups in total. The van der Waals surface area contributed by atoms with E-state index < -0.39 is 5.82 Å². The Morgan fingerprint density at radius 2 is 2.16 bits per heavy atom. The van der Waals surface area contributed by atoms with Gasteiger partial charge in [-0.05, 0) is 37.1 Å². The molecule has 1 unspecified atom stereocenters. The standard InChI is InChI=1S/C14H21FN2O2/c1-9(2)12(6-7-16)17-14(18)10-4-5-11(15)13(8-10)19-3/h4-5,8-9,12H,6-7,16H2,1-3H3,(H,17,18). The lowest BCUT2D eigenvalue weighted by molar-refractivity contribution is 0.0923. The highest BCUT2D eigenvalue weighted by Gasteiger charge is 2.17. The van der Waals surface area contributed by atoms with E-state index in [1.54, 1.807) is 0 Å². The largest absolute Gasteiger partial charge is 0.494 e. The van der Waals surface area contributed by atoms with Gasteiger partial charge < -0.3 is 15.8 Å². The molecule has 19 heavy (non-hydrogen) atoms. The zero-order valence-corrected chi connectivity index (χ0v) is 11.6. The Morgan fingerprint density at radius 1 is 1.47 bits per heavy atom. The van der Waals surface area contributed by atoms with Crippen molar-refractivity contribution in [2.45, 2.75) is 26.3 Å². The fourth-order valence-electron chi connectivity index (χ4n) is 1.80. The van der Waals surface area contributed by atoms with E-state index >= 15 is 0 Å². The molecule has 0 heterocycles. The summed E-state index contributed by atoms with van der Waals surface area (Å²) in [5, 5.41) is 2.91. The average Bonchev–Trinajstić information content (AvgIpc) is 2.38. The Labute approximate surface area is 113 Å². The first-order chi connectivity index (χ1) is 8.99. The molecule has 0 saturated carbocycles. The Balaban J connectivity index is 2.82. The number of carbonyl (C=O) groups excluding carboxylic acids is 1. The van der Waals surface area contributed by atoms with Gasteiger partial charge in [0.25, 0.3) is 5.91 Å². The molecule has 0 aliphatic carbocycles. The van der Waals surface area contributed by atoms with Gasteiger partial charge in [-0.1, -0.05) is 13.8 Å². The first-order valence-electron chi connectivity index (χ1n) is 6.34. The zero-order chi connectivity index (χ0) is 14.4. The first-order valence-corrected chi connectivity index (χ1v) is 6.34. The molecule has 1 rings (SSSR count). The molecule has 0 spiro atoms. The van der Waals surface area contributed by atoms with Crippen LogP contribution in [0.15, 0.2) is 18.2 Å². The molecule has 1 amide bonds. The van der Waals surface area contributed by atoms with Gasteiger partial charge >= 0.3 is 0 Å². The van der Waals surface area contributed by atoms with Gasteiger partial charge in [-0.2, -0.15) is 0 Å². The van der Waals surface area contributed by atoms with Crippen molar-refractivity contribution in [1.29, 1.82) is 0 Å². The normalized spacial score (nSPS) is 12.3. The van der Waals surface area contributed by atoms with Crippen molar-refractivity contribution in [3.63, 3.8) is 0 Å². The number of ether oxygens (including phenoxy) is 1. The van der Waals surface area contributed by atoms with Crippen molar-refractivity contribution in [2.24, 2.45) is 11.7 Å². The summed E-state index contributed by atoms with van der Waals surface area (Å²) in [5.74, 6) is -0.380. The number of benzene rings is 1. The summed E-state index contributed by atoms with van der Waals surface area (Å²) in [6.07, 6.45) is 0.710. The van der Waals surface area contributed by atoms with Gasteiger partial charge in [-0.15, -0.1) is 0 Å². The molecular weight excluding hydrogens is 247 g/mol. The van der Waals surface area contributed by atoms with Gasteiger partial charge in [-0.25, -0.2) is 4.39 Å². The van der Waals surface area contributed by atoms with Crippen LogP contribution in [0.1, 0.15) is 30.6 Å². The van der Waals surface area contributed by atoms with E-state index in [4.69, 9.17) is 10.5 Å². The van der Waals surface area contributed by atoms with Crippen LogP contribution in [-0.2, 0) is 0 Å². The lowest BCUT2D eigenvalue weighted by atomic mass is 10.0. The lowest BCUT2D eigenvalue weighted by Gasteiger charge is -2.21. The summed E-state index contributed by atoms with van der Waals surface area (Å²) in [7, 11) is 1.37. The molecule has 0 aromatic heterocycles. The number of amides is 1. The third kappa shape index (κ3) is 4.21. The van der Waals surface area contributed by atoms with E-state index in [-0.39, 0.29) is 23.6 Å². The third-order valence-electron chi connectivity index (χ3n) is 3.01. The topological polar surface area (TPSA) is 64.3 Å². The van der Waals surface area contributed by atoms with Crippen molar-refractivity contribution in [1.82, 2.24) is 5.32 Å². The van der Waals surface area contributed by atoms with E-state index in [9.17, 15) is 9.18 Å². The molecule has 1 atom stereocenters. The second-order valence-electron chi connectivity index (χ2n) is 4.75. The number of carbonyl (C=O) groups is 1. The fraction of sp³-hybridized carbons (Fsp3) is 0.500. The van der Waals surface area contributed by atoms with Crippen LogP contribution in [0, 0.1) is 11.7 Å². The number of rotatable bonds is 6. The van der Waals surface area contributed by atoms with Gasteiger partial charge in [0.15, 0.2) is 11.6 Å². The maximum Gasteiger partial charge on any atom is 0.251 e. The molecule has 0 aliphatic rings. The number of halogens is 1. The molecule has 0 radical (unpaired) electrons. The summed E-state index contributed by atoms with van der Waals surface area (Å²) < 4.78 is 18.1. The molecule has 5 heteroatoms. The van der Waals surface area contributed by atoms with Crippen LogP contribution in [-0.4, -0.2) is 25.6 Å². The SMILES string of the molecule is COc1cc(C(=O)NC(CCN)C(C)C)ccc1F. The summed E-state index contributed by atoms with van der Waals surface area (Å²) in [6.45, 7) is 4.55. The molecule has 106 valence electrons. The van der Waals surface area contributed by atoms with Crippen molar-refractivity contribution in [2.75, 3.05) is 13.7 Å². The van der Waals surface area contributed by atoms with Crippen LogP contribution in [0.5, 0.6) is 5.75 Å². The lowest BCUT2D eigenvalue weighted by Crippen LogP contribution is -2.39. The summed E-state index contributed by atoms with van der Waals surface area (Å²) in [4.78, 5) is 12.1. The Kier molecular flexibility index (Phi) is 5.76. The van der Waals surface area contributed by atoms with Gasteiger partial charge in [-0.3, -0.25) is 4.79 Å². The van der Waals surface area contributed by atoms with E-state index in [0.717, 1.165) is 0 Å². The minimum Gasteiger partial charge on any atom is -0.494 e. The molecule has 0 bridgehead atoms. The van der Waals surface area contributed by atoms with Crippen LogP contribution in [0.3, 0.4) is 0 Å². The van der Waals surface area contributed by atoms with Crippen LogP contribution in [0.2, 0.25) is 0 Å². The smallest absolute Gasteiger partial charge is 0.251 e. The molecule has 0 saturated heterocycles. The predicted molar refractivity (Wildman–Crippen MR) is 72.7 cm³/mol. The van der Waals surface area contributed by atoms with Gasteiger partial charge in [0.05, 0.1) is 7.11 Å². The monoisotopic (exact) mass is 268 g/mol. The minimum atomic E-state index is -0.485. The number of nitrogens with two attached hydrogens (primary N) is 1. The Hall–Kier alpha value is -1.62. The van der Waals surface area contributed by atoms with E-state index in [2.05, 4.69) is 5.32 Å². The number of hydrogen-bond donors (Lipinski definition) is 2. The molecular formula is C14H21FN2O2. The Bertz CT molecular complexity index is 435. The number of methoxy groups -OCH3 is 1. The summed E-state index contributed by atoms with van der Waals surface area (Å²) in [5.41, 5.74) is 5.90.